The number of carbonyl (C=O) groups excluding carboxylic acids is 1. The Balaban J connectivity index is 1.58. The number of fused-ring (bicyclic) bond motifs is 1. The first-order valence-electron chi connectivity index (χ1n) is 6.64. The number of carbonyl (C=O) groups is 1. The fraction of sp³-hybridized carbons (Fsp3) is 0.188. The van der Waals surface area contributed by atoms with Gasteiger partial charge in [0, 0.05) is 10.0 Å². The SMILES string of the molecule is O=C(NC[C@H]1COc2ccccc2O1)c1cccc(Br)c1. The van der Waals surface area contributed by atoms with Crippen molar-refractivity contribution < 1.29 is 14.3 Å². The van der Waals surface area contributed by atoms with Crippen molar-refractivity contribution in [3.05, 3.63) is 58.6 Å². The molecule has 1 N–H and O–H groups in total. The Morgan fingerprint density at radius 2 is 2.00 bits per heavy atom. The number of hydrogen-bond donors (Lipinski definition) is 1. The number of halogens is 1. The molecule has 5 heteroatoms. The second kappa shape index (κ2) is 6.18. The predicted octanol–water partition coefficient (Wildman–Crippen LogP) is 3.02. The van der Waals surface area contributed by atoms with Gasteiger partial charge < -0.3 is 14.8 Å². The average Bonchev–Trinajstić information content (AvgIpc) is 2.52. The zero-order chi connectivity index (χ0) is 14.7. The topological polar surface area (TPSA) is 47.6 Å². The van der Waals surface area contributed by atoms with E-state index in [1.807, 2.05) is 36.4 Å². The molecule has 0 saturated heterocycles. The van der Waals surface area contributed by atoms with Crippen molar-refractivity contribution in [2.24, 2.45) is 0 Å². The summed E-state index contributed by atoms with van der Waals surface area (Å²) < 4.78 is 12.3. The van der Waals surface area contributed by atoms with E-state index >= 15 is 0 Å². The molecule has 1 amide bonds. The Kier molecular flexibility index (Phi) is 4.10. The lowest BCUT2D eigenvalue weighted by atomic mass is 10.2. The summed E-state index contributed by atoms with van der Waals surface area (Å²) in [6.07, 6.45) is -0.184. The third-order valence-corrected chi connectivity index (χ3v) is 3.64. The second-order valence-corrected chi connectivity index (χ2v) is 5.63. The smallest absolute Gasteiger partial charge is 0.251 e. The van der Waals surface area contributed by atoms with E-state index in [2.05, 4.69) is 21.2 Å². The zero-order valence-electron chi connectivity index (χ0n) is 11.2. The van der Waals surface area contributed by atoms with Crippen LogP contribution in [-0.2, 0) is 0 Å². The maximum atomic E-state index is 12.1. The van der Waals surface area contributed by atoms with Crippen LogP contribution in [0.5, 0.6) is 11.5 Å². The fourth-order valence-electron chi connectivity index (χ4n) is 2.10. The molecule has 1 atom stereocenters. The Labute approximate surface area is 131 Å². The molecule has 21 heavy (non-hydrogen) atoms. The van der Waals surface area contributed by atoms with Gasteiger partial charge in [0.05, 0.1) is 6.54 Å². The molecule has 3 rings (SSSR count). The van der Waals surface area contributed by atoms with Gasteiger partial charge in [-0.1, -0.05) is 34.1 Å². The Hall–Kier alpha value is -2.01. The molecule has 4 nitrogen and oxygen atoms in total. The van der Waals surface area contributed by atoms with E-state index in [0.717, 1.165) is 10.2 Å². The van der Waals surface area contributed by atoms with Gasteiger partial charge in [0.25, 0.3) is 5.91 Å². The number of ether oxygens (including phenoxy) is 2. The van der Waals surface area contributed by atoms with Crippen LogP contribution in [0.2, 0.25) is 0 Å². The van der Waals surface area contributed by atoms with Gasteiger partial charge in [-0.05, 0) is 30.3 Å². The van der Waals surface area contributed by atoms with Crippen LogP contribution in [0, 0.1) is 0 Å². The van der Waals surface area contributed by atoms with Gasteiger partial charge in [-0.15, -0.1) is 0 Å². The minimum absolute atomic E-state index is 0.126. The number of hydrogen-bond acceptors (Lipinski definition) is 3. The molecule has 108 valence electrons. The van der Waals surface area contributed by atoms with Crippen LogP contribution in [0.25, 0.3) is 0 Å². The summed E-state index contributed by atoms with van der Waals surface area (Å²) in [4.78, 5) is 12.1. The number of amides is 1. The molecule has 0 unspecified atom stereocenters. The van der Waals surface area contributed by atoms with E-state index in [4.69, 9.17) is 9.47 Å². The van der Waals surface area contributed by atoms with E-state index in [-0.39, 0.29) is 12.0 Å². The summed E-state index contributed by atoms with van der Waals surface area (Å²) in [5.41, 5.74) is 0.613. The number of para-hydroxylation sites is 2. The highest BCUT2D eigenvalue weighted by atomic mass is 79.9. The molecular weight excluding hydrogens is 334 g/mol. The van der Waals surface area contributed by atoms with Crippen molar-refractivity contribution in [2.45, 2.75) is 6.10 Å². The van der Waals surface area contributed by atoms with E-state index in [1.165, 1.54) is 0 Å². The molecule has 0 aliphatic carbocycles. The molecule has 0 radical (unpaired) electrons. The highest BCUT2D eigenvalue weighted by molar-refractivity contribution is 9.10. The molecule has 1 aliphatic rings. The first-order chi connectivity index (χ1) is 10.2. The molecule has 0 fully saturated rings. The van der Waals surface area contributed by atoms with Crippen molar-refractivity contribution in [1.82, 2.24) is 5.32 Å². The van der Waals surface area contributed by atoms with Crippen LogP contribution >= 0.6 is 15.9 Å². The lowest BCUT2D eigenvalue weighted by Gasteiger charge is -2.26. The van der Waals surface area contributed by atoms with Gasteiger partial charge in [0.15, 0.2) is 11.5 Å². The Morgan fingerprint density at radius 1 is 1.19 bits per heavy atom. The summed E-state index contributed by atoms with van der Waals surface area (Å²) >= 11 is 3.35. The summed E-state index contributed by atoms with van der Waals surface area (Å²) in [6, 6.07) is 14.8. The van der Waals surface area contributed by atoms with Crippen LogP contribution in [0.1, 0.15) is 10.4 Å². The van der Waals surface area contributed by atoms with Crippen molar-refractivity contribution >= 4 is 21.8 Å². The molecule has 0 bridgehead atoms. The number of nitrogens with one attached hydrogen (secondary N) is 1. The second-order valence-electron chi connectivity index (χ2n) is 4.72. The summed E-state index contributed by atoms with van der Waals surface area (Å²) in [6.45, 7) is 0.829. The van der Waals surface area contributed by atoms with Gasteiger partial charge in [-0.3, -0.25) is 4.79 Å². The normalized spacial score (nSPS) is 16.3. The monoisotopic (exact) mass is 347 g/mol. The molecule has 2 aromatic rings. The molecular formula is C16H14BrNO3. The molecule has 0 saturated carbocycles. The van der Waals surface area contributed by atoms with Crippen LogP contribution in [0.4, 0.5) is 0 Å². The summed E-state index contributed by atoms with van der Waals surface area (Å²) in [7, 11) is 0. The molecule has 0 aromatic heterocycles. The van der Waals surface area contributed by atoms with Gasteiger partial charge in [-0.25, -0.2) is 0 Å². The van der Waals surface area contributed by atoms with Crippen molar-refractivity contribution in [3.8, 4) is 11.5 Å². The van der Waals surface area contributed by atoms with E-state index in [9.17, 15) is 4.79 Å². The Bertz CT molecular complexity index is 659. The highest BCUT2D eigenvalue weighted by Crippen LogP contribution is 2.30. The number of rotatable bonds is 3. The van der Waals surface area contributed by atoms with Gasteiger partial charge in [0.2, 0.25) is 0 Å². The molecule has 2 aromatic carbocycles. The summed E-state index contributed by atoms with van der Waals surface area (Å²) in [5.74, 6) is 1.33. The van der Waals surface area contributed by atoms with Crippen LogP contribution in [0.3, 0.4) is 0 Å². The van der Waals surface area contributed by atoms with Crippen molar-refractivity contribution in [2.75, 3.05) is 13.2 Å². The van der Waals surface area contributed by atoms with Crippen LogP contribution in [-0.4, -0.2) is 25.2 Å². The first kappa shape index (κ1) is 13.9. The summed E-state index contributed by atoms with van der Waals surface area (Å²) in [5, 5.41) is 2.86. The lowest BCUT2D eigenvalue weighted by Crippen LogP contribution is -2.40. The van der Waals surface area contributed by atoms with E-state index in [0.29, 0.717) is 24.5 Å². The quantitative estimate of drug-likeness (QED) is 0.928. The zero-order valence-corrected chi connectivity index (χ0v) is 12.8. The van der Waals surface area contributed by atoms with Gasteiger partial charge in [0.1, 0.15) is 12.7 Å². The van der Waals surface area contributed by atoms with Crippen molar-refractivity contribution in [1.29, 1.82) is 0 Å². The van der Waals surface area contributed by atoms with Crippen molar-refractivity contribution in [3.63, 3.8) is 0 Å². The third kappa shape index (κ3) is 3.36. The first-order valence-corrected chi connectivity index (χ1v) is 7.44. The third-order valence-electron chi connectivity index (χ3n) is 3.14. The molecule has 0 spiro atoms. The van der Waals surface area contributed by atoms with Gasteiger partial charge >= 0.3 is 0 Å². The number of benzene rings is 2. The van der Waals surface area contributed by atoms with Crippen LogP contribution in [0.15, 0.2) is 53.0 Å². The van der Waals surface area contributed by atoms with E-state index < -0.39 is 0 Å². The minimum Gasteiger partial charge on any atom is -0.486 e. The van der Waals surface area contributed by atoms with Gasteiger partial charge in [-0.2, -0.15) is 0 Å². The molecule has 1 heterocycles. The minimum atomic E-state index is -0.184. The lowest BCUT2D eigenvalue weighted by molar-refractivity contribution is 0.0789. The average molecular weight is 348 g/mol. The predicted molar refractivity (Wildman–Crippen MR) is 82.8 cm³/mol. The van der Waals surface area contributed by atoms with E-state index in [1.54, 1.807) is 12.1 Å². The maximum Gasteiger partial charge on any atom is 0.251 e. The largest absolute Gasteiger partial charge is 0.486 e. The fourth-order valence-corrected chi connectivity index (χ4v) is 2.50. The van der Waals surface area contributed by atoms with Crippen LogP contribution < -0.4 is 14.8 Å². The molecule has 1 aliphatic heterocycles. The standard InChI is InChI=1S/C16H14BrNO3/c17-12-5-3-4-11(8-12)16(19)18-9-13-10-20-14-6-1-2-7-15(14)21-13/h1-8,13H,9-10H2,(H,18,19)/t13-/m0/s1. The Morgan fingerprint density at radius 3 is 2.81 bits per heavy atom. The maximum absolute atomic E-state index is 12.1. The highest BCUT2D eigenvalue weighted by Gasteiger charge is 2.21.